The van der Waals surface area contributed by atoms with E-state index in [0.29, 0.717) is 26.0 Å². The third-order valence-corrected chi connectivity index (χ3v) is 5.81. The fourth-order valence-electron chi connectivity index (χ4n) is 2.98. The first-order valence-electron chi connectivity index (χ1n) is 8.81. The van der Waals surface area contributed by atoms with Crippen molar-refractivity contribution in [2.24, 2.45) is 0 Å². The first-order valence-corrected chi connectivity index (χ1v) is 10.4. The van der Waals surface area contributed by atoms with Gasteiger partial charge in [-0.3, -0.25) is 9.36 Å². The Kier molecular flexibility index (Phi) is 5.87. The predicted molar refractivity (Wildman–Crippen MR) is 117 cm³/mol. The molecule has 29 heavy (non-hydrogen) atoms. The maximum Gasteiger partial charge on any atom is 0.262 e. The Bertz CT molecular complexity index is 1210. The van der Waals surface area contributed by atoms with Gasteiger partial charge < -0.3 is 9.84 Å². The lowest BCUT2D eigenvalue weighted by Crippen LogP contribution is -2.30. The van der Waals surface area contributed by atoms with Crippen molar-refractivity contribution in [3.63, 3.8) is 0 Å². The smallest absolute Gasteiger partial charge is 0.262 e. The van der Waals surface area contributed by atoms with E-state index in [1.165, 1.54) is 22.2 Å². The molecule has 2 heterocycles. The molecule has 0 unspecified atom stereocenters. The number of nitrogens with zero attached hydrogens (tertiary/aromatic N) is 2. The molecule has 0 fully saturated rings. The lowest BCUT2D eigenvalue weighted by Gasteiger charge is -2.15. The Balaban J connectivity index is 1.56. The molecule has 1 N–H and O–H groups in total. The molecule has 4 rings (SSSR count). The molecule has 0 amide bonds. The van der Waals surface area contributed by atoms with Crippen LogP contribution < -0.4 is 10.3 Å². The van der Waals surface area contributed by atoms with Crippen molar-refractivity contribution in [1.29, 1.82) is 0 Å². The molecule has 8 heteroatoms. The van der Waals surface area contributed by atoms with Crippen LogP contribution in [0.5, 0.6) is 5.75 Å². The van der Waals surface area contributed by atoms with Gasteiger partial charge in [-0.25, -0.2) is 4.98 Å². The number of aliphatic hydroxyl groups is 1. The molecule has 0 radical (unpaired) electrons. The van der Waals surface area contributed by atoms with Crippen LogP contribution in [0.1, 0.15) is 0 Å². The topological polar surface area (TPSA) is 64.4 Å². The second-order valence-electron chi connectivity index (χ2n) is 6.44. The first kappa shape index (κ1) is 19.9. The number of halogens is 2. The third-order valence-electron chi connectivity index (χ3n) is 4.38. The number of hydrogen-bond donors (Lipinski definition) is 1. The van der Waals surface area contributed by atoms with Gasteiger partial charge in [0.1, 0.15) is 23.3 Å². The standard InChI is InChI=1S/C21H16Cl2N2O3S/c22-14-6-7-17(23)18(8-14)28-10-15(26)9-25-12-24-20-19(21(25)27)16(11-29-20)13-4-2-1-3-5-13/h1-8,11-12,15,26H,9-10H2/t15-/m1/s1. The van der Waals surface area contributed by atoms with Gasteiger partial charge in [-0.05, 0) is 17.7 Å². The Morgan fingerprint density at radius 3 is 2.76 bits per heavy atom. The average Bonchev–Trinajstić information content (AvgIpc) is 3.16. The average molecular weight is 447 g/mol. The summed E-state index contributed by atoms with van der Waals surface area (Å²) >= 11 is 13.4. The quantitative estimate of drug-likeness (QED) is 0.458. The summed E-state index contributed by atoms with van der Waals surface area (Å²) in [4.78, 5) is 18.1. The first-order chi connectivity index (χ1) is 14.0. The molecule has 0 saturated heterocycles. The minimum absolute atomic E-state index is 0.0419. The summed E-state index contributed by atoms with van der Waals surface area (Å²) in [6.07, 6.45) is 0.520. The van der Waals surface area contributed by atoms with Crippen LogP contribution >= 0.6 is 34.5 Å². The van der Waals surface area contributed by atoms with Crippen LogP contribution in [0.15, 0.2) is 65.0 Å². The molecule has 0 aliphatic carbocycles. The largest absolute Gasteiger partial charge is 0.489 e. The van der Waals surface area contributed by atoms with E-state index >= 15 is 0 Å². The number of benzene rings is 2. The number of fused-ring (bicyclic) bond motifs is 1. The minimum Gasteiger partial charge on any atom is -0.489 e. The zero-order valence-electron chi connectivity index (χ0n) is 15.1. The molecule has 4 aromatic rings. The highest BCUT2D eigenvalue weighted by atomic mass is 35.5. The Morgan fingerprint density at radius 2 is 1.97 bits per heavy atom. The molecule has 0 aliphatic heterocycles. The number of aromatic nitrogens is 2. The van der Waals surface area contributed by atoms with Crippen molar-refractivity contribution >= 4 is 44.8 Å². The van der Waals surface area contributed by atoms with E-state index in [0.717, 1.165) is 11.1 Å². The lowest BCUT2D eigenvalue weighted by atomic mass is 10.1. The van der Waals surface area contributed by atoms with Gasteiger partial charge in [0.05, 0.1) is 23.3 Å². The Labute approximate surface area is 180 Å². The summed E-state index contributed by atoms with van der Waals surface area (Å²) in [5, 5.41) is 13.7. The van der Waals surface area contributed by atoms with Gasteiger partial charge in [0.25, 0.3) is 5.56 Å². The summed E-state index contributed by atoms with van der Waals surface area (Å²) in [6, 6.07) is 14.5. The SMILES string of the molecule is O=c1c2c(-c3ccccc3)csc2ncn1C[C@@H](O)COc1cc(Cl)ccc1Cl. The Hall–Kier alpha value is -2.38. The van der Waals surface area contributed by atoms with Crippen LogP contribution in [-0.4, -0.2) is 27.4 Å². The molecular weight excluding hydrogens is 431 g/mol. The van der Waals surface area contributed by atoms with Crippen LogP contribution in [0, 0.1) is 0 Å². The van der Waals surface area contributed by atoms with Crippen LogP contribution in [0.4, 0.5) is 0 Å². The van der Waals surface area contributed by atoms with Gasteiger partial charge in [0.2, 0.25) is 0 Å². The van der Waals surface area contributed by atoms with E-state index in [4.69, 9.17) is 27.9 Å². The summed E-state index contributed by atoms with van der Waals surface area (Å²) < 4.78 is 6.95. The molecule has 2 aromatic heterocycles. The molecule has 2 aromatic carbocycles. The number of hydrogen-bond acceptors (Lipinski definition) is 5. The normalized spacial score (nSPS) is 12.2. The highest BCUT2D eigenvalue weighted by molar-refractivity contribution is 7.17. The van der Waals surface area contributed by atoms with Crippen molar-refractivity contribution in [3.05, 3.63) is 80.6 Å². The molecule has 0 bridgehead atoms. The molecule has 0 aliphatic rings. The zero-order valence-corrected chi connectivity index (χ0v) is 17.4. The van der Waals surface area contributed by atoms with Crippen molar-refractivity contribution < 1.29 is 9.84 Å². The van der Waals surface area contributed by atoms with Crippen molar-refractivity contribution in [2.45, 2.75) is 12.6 Å². The van der Waals surface area contributed by atoms with E-state index in [-0.39, 0.29) is 18.7 Å². The number of aliphatic hydroxyl groups excluding tert-OH is 1. The van der Waals surface area contributed by atoms with E-state index < -0.39 is 6.10 Å². The summed E-state index contributed by atoms with van der Waals surface area (Å²) in [5.41, 5.74) is 1.60. The van der Waals surface area contributed by atoms with E-state index in [2.05, 4.69) is 4.98 Å². The number of ether oxygens (including phenoxy) is 1. The second-order valence-corrected chi connectivity index (χ2v) is 8.14. The maximum atomic E-state index is 13.0. The van der Waals surface area contributed by atoms with E-state index in [9.17, 15) is 9.90 Å². The van der Waals surface area contributed by atoms with Gasteiger partial charge in [0.15, 0.2) is 0 Å². The predicted octanol–water partition coefficient (Wildman–Crippen LogP) is 4.87. The van der Waals surface area contributed by atoms with Crippen molar-refractivity contribution in [3.8, 4) is 16.9 Å². The summed E-state index contributed by atoms with van der Waals surface area (Å²) in [6.45, 7) is 0.00372. The van der Waals surface area contributed by atoms with Gasteiger partial charge >= 0.3 is 0 Å². The molecule has 0 spiro atoms. The second kappa shape index (κ2) is 8.55. The van der Waals surface area contributed by atoms with Gasteiger partial charge in [-0.1, -0.05) is 53.5 Å². The lowest BCUT2D eigenvalue weighted by molar-refractivity contribution is 0.0915. The van der Waals surface area contributed by atoms with Gasteiger partial charge in [-0.2, -0.15) is 0 Å². The van der Waals surface area contributed by atoms with Crippen molar-refractivity contribution in [2.75, 3.05) is 6.61 Å². The number of thiophene rings is 1. The number of rotatable bonds is 6. The van der Waals surface area contributed by atoms with Crippen LogP contribution in [-0.2, 0) is 6.54 Å². The highest BCUT2D eigenvalue weighted by Gasteiger charge is 2.15. The molecule has 0 saturated carbocycles. The Morgan fingerprint density at radius 1 is 1.17 bits per heavy atom. The van der Waals surface area contributed by atoms with Crippen molar-refractivity contribution in [1.82, 2.24) is 9.55 Å². The maximum absolute atomic E-state index is 13.0. The molecule has 148 valence electrons. The van der Waals surface area contributed by atoms with Gasteiger partial charge in [-0.15, -0.1) is 11.3 Å². The fourth-order valence-corrected chi connectivity index (χ4v) is 4.22. The fraction of sp³-hybridized carbons (Fsp3) is 0.143. The zero-order chi connectivity index (χ0) is 20.4. The third kappa shape index (κ3) is 4.31. The van der Waals surface area contributed by atoms with E-state index in [1.807, 2.05) is 35.7 Å². The monoisotopic (exact) mass is 446 g/mol. The highest BCUT2D eigenvalue weighted by Crippen LogP contribution is 2.30. The van der Waals surface area contributed by atoms with E-state index in [1.54, 1.807) is 18.2 Å². The molecule has 1 atom stereocenters. The summed E-state index contributed by atoms with van der Waals surface area (Å²) in [7, 11) is 0. The minimum atomic E-state index is -0.930. The summed E-state index contributed by atoms with van der Waals surface area (Å²) in [5.74, 6) is 0.378. The van der Waals surface area contributed by atoms with Crippen LogP contribution in [0.3, 0.4) is 0 Å². The van der Waals surface area contributed by atoms with Crippen LogP contribution in [0.25, 0.3) is 21.3 Å². The molecule has 5 nitrogen and oxygen atoms in total. The van der Waals surface area contributed by atoms with Gasteiger partial charge in [0, 0.05) is 22.0 Å². The molecular formula is C21H16Cl2N2O3S. The van der Waals surface area contributed by atoms with Crippen LogP contribution in [0.2, 0.25) is 10.0 Å².